The molecule has 0 unspecified atom stereocenters. The second kappa shape index (κ2) is 9.48. The van der Waals surface area contributed by atoms with Crippen LogP contribution in [0.1, 0.15) is 0 Å². The van der Waals surface area contributed by atoms with E-state index in [0.717, 1.165) is 67.7 Å². The molecule has 0 amide bonds. The standard InChI is InChI=1S/C29H25FN6O/c1-36(2)9-10-37-22-11-20(14-31-15-22)19-5-8-26-24(12-19)29(35-34-26)27-13-23-25(16-32-17-28(23)33-27)18-3-6-21(30)7-4-18/h3-8,11-17,33H,9-10H2,1-2H3,(H,34,35). The molecule has 6 aromatic rings. The first-order valence-electron chi connectivity index (χ1n) is 12.0. The summed E-state index contributed by atoms with van der Waals surface area (Å²) >= 11 is 0. The molecule has 0 saturated heterocycles. The molecule has 2 aromatic carbocycles. The fourth-order valence-electron chi connectivity index (χ4n) is 4.44. The van der Waals surface area contributed by atoms with Gasteiger partial charge in [0, 0.05) is 40.8 Å². The molecule has 37 heavy (non-hydrogen) atoms. The monoisotopic (exact) mass is 492 g/mol. The highest BCUT2D eigenvalue weighted by molar-refractivity contribution is 6.01. The minimum atomic E-state index is -0.265. The number of aromatic nitrogens is 5. The molecule has 184 valence electrons. The zero-order chi connectivity index (χ0) is 25.4. The van der Waals surface area contributed by atoms with Crippen LogP contribution in [0, 0.1) is 5.82 Å². The Labute approximate surface area is 213 Å². The number of halogens is 1. The lowest BCUT2D eigenvalue weighted by molar-refractivity contribution is 0.261. The smallest absolute Gasteiger partial charge is 0.138 e. The zero-order valence-electron chi connectivity index (χ0n) is 20.5. The molecule has 2 N–H and O–H groups in total. The van der Waals surface area contributed by atoms with Gasteiger partial charge in [-0.15, -0.1) is 0 Å². The van der Waals surface area contributed by atoms with Crippen molar-refractivity contribution in [2.45, 2.75) is 0 Å². The Morgan fingerprint density at radius 3 is 2.46 bits per heavy atom. The summed E-state index contributed by atoms with van der Waals surface area (Å²) < 4.78 is 19.3. The van der Waals surface area contributed by atoms with Gasteiger partial charge in [-0.25, -0.2) is 4.39 Å². The van der Waals surface area contributed by atoms with Crippen molar-refractivity contribution in [3.8, 4) is 39.4 Å². The van der Waals surface area contributed by atoms with Gasteiger partial charge in [-0.1, -0.05) is 18.2 Å². The van der Waals surface area contributed by atoms with Gasteiger partial charge in [0.05, 0.1) is 29.1 Å². The van der Waals surface area contributed by atoms with Crippen LogP contribution < -0.4 is 4.74 Å². The molecule has 0 radical (unpaired) electrons. The molecule has 8 heteroatoms. The van der Waals surface area contributed by atoms with Crippen molar-refractivity contribution in [2.24, 2.45) is 0 Å². The van der Waals surface area contributed by atoms with E-state index in [1.165, 1.54) is 12.1 Å². The predicted octanol–water partition coefficient (Wildman–Crippen LogP) is 5.91. The minimum absolute atomic E-state index is 0.265. The van der Waals surface area contributed by atoms with Gasteiger partial charge in [0.15, 0.2) is 0 Å². The number of hydrogen-bond acceptors (Lipinski definition) is 5. The molecular formula is C29H25FN6O. The zero-order valence-corrected chi connectivity index (χ0v) is 20.5. The van der Waals surface area contributed by atoms with E-state index in [2.05, 4.69) is 42.2 Å². The van der Waals surface area contributed by atoms with E-state index in [1.807, 2.05) is 38.5 Å². The van der Waals surface area contributed by atoms with E-state index in [1.54, 1.807) is 30.7 Å². The first-order valence-corrected chi connectivity index (χ1v) is 12.0. The lowest BCUT2D eigenvalue weighted by Crippen LogP contribution is -2.19. The Kier molecular flexibility index (Phi) is 5.86. The second-order valence-electron chi connectivity index (χ2n) is 9.23. The van der Waals surface area contributed by atoms with Crippen molar-refractivity contribution in [2.75, 3.05) is 27.2 Å². The number of ether oxygens (including phenoxy) is 1. The quantitative estimate of drug-likeness (QED) is 0.289. The van der Waals surface area contributed by atoms with Crippen LogP contribution in [0.2, 0.25) is 0 Å². The molecule has 0 aliphatic rings. The number of hydrogen-bond donors (Lipinski definition) is 2. The molecule has 0 fully saturated rings. The van der Waals surface area contributed by atoms with Crippen molar-refractivity contribution in [3.05, 3.63) is 85.2 Å². The van der Waals surface area contributed by atoms with E-state index in [0.29, 0.717) is 6.61 Å². The van der Waals surface area contributed by atoms with Crippen molar-refractivity contribution < 1.29 is 9.13 Å². The maximum Gasteiger partial charge on any atom is 0.138 e. The molecule has 0 bridgehead atoms. The van der Waals surface area contributed by atoms with Gasteiger partial charge >= 0.3 is 0 Å². The lowest BCUT2D eigenvalue weighted by Gasteiger charge is -2.11. The van der Waals surface area contributed by atoms with Crippen LogP contribution in [0.4, 0.5) is 4.39 Å². The van der Waals surface area contributed by atoms with E-state index >= 15 is 0 Å². The molecule has 0 atom stereocenters. The molecule has 6 rings (SSSR count). The van der Waals surface area contributed by atoms with Gasteiger partial charge in [-0.05, 0) is 61.6 Å². The summed E-state index contributed by atoms with van der Waals surface area (Å²) in [4.78, 5) is 14.3. The maximum absolute atomic E-state index is 13.5. The molecule has 4 aromatic heterocycles. The third-order valence-corrected chi connectivity index (χ3v) is 6.37. The number of benzene rings is 2. The summed E-state index contributed by atoms with van der Waals surface area (Å²) in [6.07, 6.45) is 7.16. The highest BCUT2D eigenvalue weighted by atomic mass is 19.1. The summed E-state index contributed by atoms with van der Waals surface area (Å²) in [5.74, 6) is 0.474. The van der Waals surface area contributed by atoms with Crippen molar-refractivity contribution in [3.63, 3.8) is 0 Å². The largest absolute Gasteiger partial charge is 0.491 e. The van der Waals surface area contributed by atoms with Crippen LogP contribution in [0.5, 0.6) is 5.75 Å². The Morgan fingerprint density at radius 2 is 1.62 bits per heavy atom. The Morgan fingerprint density at radius 1 is 0.811 bits per heavy atom. The van der Waals surface area contributed by atoms with Crippen LogP contribution in [0.15, 0.2) is 79.4 Å². The molecule has 4 heterocycles. The third-order valence-electron chi connectivity index (χ3n) is 6.37. The number of nitrogens with zero attached hydrogens (tertiary/aromatic N) is 4. The number of likely N-dealkylation sites (N-methyl/N-ethyl adjacent to an activating group) is 1. The fraction of sp³-hybridized carbons (Fsp3) is 0.138. The SMILES string of the molecule is CN(C)CCOc1cncc(-c2ccc3[nH]nc(-c4cc5c(-c6ccc(F)cc6)cncc5[nH]4)c3c2)c1. The summed E-state index contributed by atoms with van der Waals surface area (Å²) in [6, 6.07) is 16.7. The van der Waals surface area contributed by atoms with Gasteiger partial charge in [0.2, 0.25) is 0 Å². The summed E-state index contributed by atoms with van der Waals surface area (Å²) in [6.45, 7) is 1.43. The van der Waals surface area contributed by atoms with Crippen LogP contribution >= 0.6 is 0 Å². The number of fused-ring (bicyclic) bond motifs is 2. The van der Waals surface area contributed by atoms with Crippen LogP contribution in [-0.2, 0) is 0 Å². The Balaban J connectivity index is 1.37. The molecule has 0 saturated carbocycles. The van der Waals surface area contributed by atoms with Gasteiger partial charge in [0.1, 0.15) is 23.9 Å². The van der Waals surface area contributed by atoms with Crippen LogP contribution in [0.3, 0.4) is 0 Å². The maximum atomic E-state index is 13.5. The van der Waals surface area contributed by atoms with Gasteiger partial charge in [0.25, 0.3) is 0 Å². The number of nitrogens with one attached hydrogen (secondary N) is 2. The van der Waals surface area contributed by atoms with E-state index in [9.17, 15) is 4.39 Å². The lowest BCUT2D eigenvalue weighted by atomic mass is 10.0. The van der Waals surface area contributed by atoms with E-state index in [4.69, 9.17) is 4.74 Å². The first kappa shape index (κ1) is 22.9. The average molecular weight is 493 g/mol. The molecular weight excluding hydrogens is 467 g/mol. The number of rotatable bonds is 7. The van der Waals surface area contributed by atoms with E-state index < -0.39 is 0 Å². The molecule has 0 spiro atoms. The highest BCUT2D eigenvalue weighted by Gasteiger charge is 2.15. The van der Waals surface area contributed by atoms with Crippen LogP contribution in [0.25, 0.3) is 55.4 Å². The Hall–Kier alpha value is -4.56. The number of aromatic amines is 2. The van der Waals surface area contributed by atoms with Gasteiger partial charge in [-0.2, -0.15) is 5.10 Å². The fourth-order valence-corrected chi connectivity index (χ4v) is 4.44. The van der Waals surface area contributed by atoms with Gasteiger partial charge < -0.3 is 14.6 Å². The van der Waals surface area contributed by atoms with Crippen molar-refractivity contribution in [1.29, 1.82) is 0 Å². The number of pyridine rings is 2. The Bertz CT molecular complexity index is 1700. The second-order valence-corrected chi connectivity index (χ2v) is 9.23. The molecule has 0 aliphatic carbocycles. The molecule has 7 nitrogen and oxygen atoms in total. The highest BCUT2D eigenvalue weighted by Crippen LogP contribution is 2.35. The average Bonchev–Trinajstić information content (AvgIpc) is 3.53. The molecule has 0 aliphatic heterocycles. The van der Waals surface area contributed by atoms with Crippen molar-refractivity contribution in [1.82, 2.24) is 30.0 Å². The third kappa shape index (κ3) is 4.54. The normalized spacial score (nSPS) is 11.6. The number of H-pyrrole nitrogens is 2. The van der Waals surface area contributed by atoms with Crippen LogP contribution in [-0.4, -0.2) is 57.3 Å². The van der Waals surface area contributed by atoms with Gasteiger partial charge in [-0.3, -0.25) is 15.1 Å². The summed E-state index contributed by atoms with van der Waals surface area (Å²) in [5, 5.41) is 9.73. The summed E-state index contributed by atoms with van der Waals surface area (Å²) in [5.41, 5.74) is 7.31. The summed E-state index contributed by atoms with van der Waals surface area (Å²) in [7, 11) is 4.03. The topological polar surface area (TPSA) is 82.7 Å². The predicted molar refractivity (Wildman–Crippen MR) is 144 cm³/mol. The van der Waals surface area contributed by atoms with E-state index in [-0.39, 0.29) is 5.82 Å². The first-order chi connectivity index (χ1) is 18.0. The van der Waals surface area contributed by atoms with Crippen molar-refractivity contribution >= 4 is 21.8 Å². The minimum Gasteiger partial charge on any atom is -0.491 e.